The van der Waals surface area contributed by atoms with E-state index in [1.807, 2.05) is 19.2 Å². The van der Waals surface area contributed by atoms with Gasteiger partial charge >= 0.3 is 0 Å². The molecule has 0 spiro atoms. The van der Waals surface area contributed by atoms with E-state index < -0.39 is 0 Å². The zero-order chi connectivity index (χ0) is 19.9. The Balaban J connectivity index is 1.67. The molecule has 1 aliphatic heterocycles. The number of aromatic nitrogens is 5. The Labute approximate surface area is 173 Å². The number of halogens is 2. The van der Waals surface area contributed by atoms with E-state index in [0.717, 1.165) is 18.4 Å². The van der Waals surface area contributed by atoms with Gasteiger partial charge in [0.15, 0.2) is 17.0 Å². The lowest BCUT2D eigenvalue weighted by molar-refractivity contribution is -0.0553. The Morgan fingerprint density at radius 2 is 2.11 bits per heavy atom. The van der Waals surface area contributed by atoms with Crippen molar-refractivity contribution in [3.63, 3.8) is 0 Å². The first-order valence-electron chi connectivity index (χ1n) is 9.21. The van der Waals surface area contributed by atoms with Gasteiger partial charge in [-0.1, -0.05) is 34.5 Å². The van der Waals surface area contributed by atoms with Crippen molar-refractivity contribution in [2.45, 2.75) is 44.8 Å². The van der Waals surface area contributed by atoms with Crippen LogP contribution >= 0.6 is 23.2 Å². The highest BCUT2D eigenvalue weighted by Gasteiger charge is 2.29. The Kier molecular flexibility index (Phi) is 5.16. The summed E-state index contributed by atoms with van der Waals surface area (Å²) in [7, 11) is 1.82. The van der Waals surface area contributed by atoms with E-state index >= 15 is 0 Å². The minimum atomic E-state index is -0.163. The molecule has 1 N–H and O–H groups in total. The summed E-state index contributed by atoms with van der Waals surface area (Å²) in [4.78, 5) is 9.39. The van der Waals surface area contributed by atoms with Crippen LogP contribution in [0.25, 0.3) is 11.2 Å². The molecule has 28 heavy (non-hydrogen) atoms. The summed E-state index contributed by atoms with van der Waals surface area (Å²) >= 11 is 12.3. The molecule has 1 atom stereocenters. The SMILES string of the molecule is Cn1nnc2c(NC3CCOC(C)(C)C3)nc(Cc3ccc(Cl)cc3Cl)nc21. The fraction of sp³-hybridized carbons (Fsp3) is 0.474. The zero-order valence-corrected chi connectivity index (χ0v) is 17.5. The maximum absolute atomic E-state index is 6.34. The molecule has 1 aliphatic rings. The van der Waals surface area contributed by atoms with Crippen molar-refractivity contribution < 1.29 is 4.74 Å². The zero-order valence-electron chi connectivity index (χ0n) is 16.0. The summed E-state index contributed by atoms with van der Waals surface area (Å²) in [6.45, 7) is 4.92. The van der Waals surface area contributed by atoms with Crippen LogP contribution in [-0.2, 0) is 18.2 Å². The average Bonchev–Trinajstić information content (AvgIpc) is 2.98. The second-order valence-electron chi connectivity index (χ2n) is 7.73. The number of rotatable bonds is 4. The predicted octanol–water partition coefficient (Wildman–Crippen LogP) is 4.03. The first-order valence-corrected chi connectivity index (χ1v) is 9.97. The second-order valence-corrected chi connectivity index (χ2v) is 8.57. The van der Waals surface area contributed by atoms with E-state index in [2.05, 4.69) is 34.5 Å². The monoisotopic (exact) mass is 420 g/mol. The molecule has 2 aromatic heterocycles. The number of hydrogen-bond acceptors (Lipinski definition) is 6. The summed E-state index contributed by atoms with van der Waals surface area (Å²) in [6.07, 6.45) is 2.29. The molecule has 7 nitrogen and oxygen atoms in total. The van der Waals surface area contributed by atoms with Gasteiger partial charge in [-0.05, 0) is 44.4 Å². The highest BCUT2D eigenvalue weighted by Crippen LogP contribution is 2.28. The number of ether oxygens (including phenoxy) is 1. The van der Waals surface area contributed by atoms with Crippen molar-refractivity contribution in [1.82, 2.24) is 25.0 Å². The van der Waals surface area contributed by atoms with Crippen LogP contribution in [-0.4, -0.2) is 43.2 Å². The minimum absolute atomic E-state index is 0.163. The lowest BCUT2D eigenvalue weighted by Gasteiger charge is -2.36. The largest absolute Gasteiger partial charge is 0.375 e. The number of nitrogens with zero attached hydrogens (tertiary/aromatic N) is 5. The standard InChI is InChI=1S/C19H22Cl2N6O/c1-19(2)10-13(6-7-28-19)22-17-16-18(27(3)26-25-16)24-15(23-17)8-11-4-5-12(20)9-14(11)21/h4-5,9,13H,6-8,10H2,1-3H3,(H,22,23,24). The third-order valence-electron chi connectivity index (χ3n) is 4.90. The van der Waals surface area contributed by atoms with Crippen LogP contribution in [0.15, 0.2) is 18.2 Å². The molecule has 0 radical (unpaired) electrons. The lowest BCUT2D eigenvalue weighted by Crippen LogP contribution is -2.40. The molecule has 148 valence electrons. The summed E-state index contributed by atoms with van der Waals surface area (Å²) in [5.41, 5.74) is 2.10. The van der Waals surface area contributed by atoms with Crippen LogP contribution in [0.3, 0.4) is 0 Å². The normalized spacial score (nSPS) is 19.1. The second kappa shape index (κ2) is 7.46. The van der Waals surface area contributed by atoms with Gasteiger partial charge in [0.25, 0.3) is 0 Å². The molecular formula is C19H22Cl2N6O. The molecule has 1 fully saturated rings. The van der Waals surface area contributed by atoms with E-state index in [0.29, 0.717) is 45.9 Å². The summed E-state index contributed by atoms with van der Waals surface area (Å²) < 4.78 is 7.48. The molecule has 3 heterocycles. The van der Waals surface area contributed by atoms with Crippen molar-refractivity contribution in [1.29, 1.82) is 0 Å². The van der Waals surface area contributed by atoms with Crippen molar-refractivity contribution >= 4 is 40.2 Å². The Hall–Kier alpha value is -1.96. The van der Waals surface area contributed by atoms with Crippen LogP contribution in [0, 0.1) is 0 Å². The first-order chi connectivity index (χ1) is 13.3. The number of anilines is 1. The first kappa shape index (κ1) is 19.4. The van der Waals surface area contributed by atoms with Gasteiger partial charge in [-0.3, -0.25) is 0 Å². The predicted molar refractivity (Wildman–Crippen MR) is 110 cm³/mol. The van der Waals surface area contributed by atoms with Crippen molar-refractivity contribution in [2.75, 3.05) is 11.9 Å². The number of aryl methyl sites for hydroxylation is 1. The average molecular weight is 421 g/mol. The van der Waals surface area contributed by atoms with Crippen LogP contribution in [0.2, 0.25) is 10.0 Å². The molecule has 0 amide bonds. The van der Waals surface area contributed by atoms with Crippen molar-refractivity contribution in [3.8, 4) is 0 Å². The third kappa shape index (κ3) is 4.06. The van der Waals surface area contributed by atoms with Gasteiger partial charge in [0.1, 0.15) is 5.82 Å². The molecule has 1 aromatic carbocycles. The van der Waals surface area contributed by atoms with Gasteiger partial charge < -0.3 is 10.1 Å². The smallest absolute Gasteiger partial charge is 0.183 e. The number of benzene rings is 1. The Morgan fingerprint density at radius 1 is 1.29 bits per heavy atom. The Bertz CT molecular complexity index is 1020. The maximum Gasteiger partial charge on any atom is 0.183 e. The molecule has 4 rings (SSSR count). The molecule has 3 aromatic rings. The third-order valence-corrected chi connectivity index (χ3v) is 5.49. The van der Waals surface area contributed by atoms with Gasteiger partial charge in [0.2, 0.25) is 0 Å². The summed E-state index contributed by atoms with van der Waals surface area (Å²) in [5, 5.41) is 13.1. The number of nitrogens with one attached hydrogen (secondary N) is 1. The fourth-order valence-corrected chi connectivity index (χ4v) is 4.00. The molecule has 0 aliphatic carbocycles. The summed E-state index contributed by atoms with van der Waals surface area (Å²) in [5.74, 6) is 1.34. The van der Waals surface area contributed by atoms with Gasteiger partial charge in [0.05, 0.1) is 5.60 Å². The van der Waals surface area contributed by atoms with Gasteiger partial charge in [-0.15, -0.1) is 5.10 Å². The fourth-order valence-electron chi connectivity index (χ4n) is 3.52. The van der Waals surface area contributed by atoms with E-state index in [1.165, 1.54) is 0 Å². The molecular weight excluding hydrogens is 399 g/mol. The molecule has 0 bridgehead atoms. The molecule has 1 saturated heterocycles. The highest BCUT2D eigenvalue weighted by molar-refractivity contribution is 6.35. The lowest BCUT2D eigenvalue weighted by atomic mass is 9.94. The van der Waals surface area contributed by atoms with E-state index in [1.54, 1.807) is 10.7 Å². The Morgan fingerprint density at radius 3 is 2.86 bits per heavy atom. The quantitative estimate of drug-likeness (QED) is 0.686. The van der Waals surface area contributed by atoms with E-state index in [-0.39, 0.29) is 11.6 Å². The van der Waals surface area contributed by atoms with Crippen LogP contribution in [0.4, 0.5) is 5.82 Å². The van der Waals surface area contributed by atoms with Crippen molar-refractivity contribution in [3.05, 3.63) is 39.6 Å². The van der Waals surface area contributed by atoms with E-state index in [9.17, 15) is 0 Å². The molecule has 1 unspecified atom stereocenters. The number of fused-ring (bicyclic) bond motifs is 1. The van der Waals surface area contributed by atoms with Crippen LogP contribution < -0.4 is 5.32 Å². The highest BCUT2D eigenvalue weighted by atomic mass is 35.5. The topological polar surface area (TPSA) is 77.8 Å². The minimum Gasteiger partial charge on any atom is -0.375 e. The van der Waals surface area contributed by atoms with Crippen LogP contribution in [0.1, 0.15) is 38.1 Å². The van der Waals surface area contributed by atoms with Crippen molar-refractivity contribution in [2.24, 2.45) is 7.05 Å². The van der Waals surface area contributed by atoms with Gasteiger partial charge in [0, 0.05) is 36.2 Å². The molecule has 0 saturated carbocycles. The maximum atomic E-state index is 6.34. The van der Waals surface area contributed by atoms with Gasteiger partial charge in [-0.2, -0.15) is 0 Å². The molecule has 9 heteroatoms. The summed E-state index contributed by atoms with van der Waals surface area (Å²) in [6, 6.07) is 5.69. The van der Waals surface area contributed by atoms with E-state index in [4.69, 9.17) is 32.9 Å². The van der Waals surface area contributed by atoms with Crippen LogP contribution in [0.5, 0.6) is 0 Å². The van der Waals surface area contributed by atoms with Gasteiger partial charge in [-0.25, -0.2) is 14.6 Å². The number of hydrogen-bond donors (Lipinski definition) is 1.